The van der Waals surface area contributed by atoms with Crippen molar-refractivity contribution in [3.63, 3.8) is 0 Å². The summed E-state index contributed by atoms with van der Waals surface area (Å²) in [6.45, 7) is 7.37. The second-order valence-electron chi connectivity index (χ2n) is 6.28. The standard InChI is InChI=1S/C18H28N2O/c1-2-21-17-9-5-8-16(14-17)18(15-6-3-4-7-15)20-12-10-19-11-13-20/h5,8-9,14-15,18-19H,2-4,6-7,10-13H2,1H3/t18-/m0/s1. The Morgan fingerprint density at radius 2 is 2.00 bits per heavy atom. The summed E-state index contributed by atoms with van der Waals surface area (Å²) < 4.78 is 5.72. The molecule has 3 rings (SSSR count). The molecule has 0 spiro atoms. The quantitative estimate of drug-likeness (QED) is 0.900. The van der Waals surface area contributed by atoms with Crippen molar-refractivity contribution in [3.8, 4) is 5.75 Å². The number of rotatable bonds is 5. The van der Waals surface area contributed by atoms with E-state index in [2.05, 4.69) is 41.4 Å². The van der Waals surface area contributed by atoms with Crippen LogP contribution in [-0.2, 0) is 0 Å². The van der Waals surface area contributed by atoms with Crippen molar-refractivity contribution in [2.24, 2.45) is 5.92 Å². The average molecular weight is 288 g/mol. The molecule has 116 valence electrons. The molecule has 1 heterocycles. The monoisotopic (exact) mass is 288 g/mol. The van der Waals surface area contributed by atoms with Crippen molar-refractivity contribution in [1.82, 2.24) is 10.2 Å². The first kappa shape index (κ1) is 14.9. The van der Waals surface area contributed by atoms with Crippen LogP contribution in [0.15, 0.2) is 24.3 Å². The highest BCUT2D eigenvalue weighted by molar-refractivity contribution is 5.31. The van der Waals surface area contributed by atoms with Gasteiger partial charge in [0.1, 0.15) is 5.75 Å². The maximum Gasteiger partial charge on any atom is 0.119 e. The number of hydrogen-bond donors (Lipinski definition) is 1. The van der Waals surface area contributed by atoms with E-state index < -0.39 is 0 Å². The molecule has 1 aliphatic carbocycles. The number of piperazine rings is 1. The van der Waals surface area contributed by atoms with Gasteiger partial charge in [-0.15, -0.1) is 0 Å². The molecule has 2 aliphatic rings. The third-order valence-electron chi connectivity index (χ3n) is 4.90. The van der Waals surface area contributed by atoms with Gasteiger partial charge in [0.05, 0.1) is 6.61 Å². The lowest BCUT2D eigenvalue weighted by atomic mass is 9.89. The smallest absolute Gasteiger partial charge is 0.119 e. The van der Waals surface area contributed by atoms with Crippen LogP contribution < -0.4 is 10.1 Å². The molecule has 0 aromatic heterocycles. The van der Waals surface area contributed by atoms with Crippen LogP contribution in [0.2, 0.25) is 0 Å². The first-order valence-corrected chi connectivity index (χ1v) is 8.56. The lowest BCUT2D eigenvalue weighted by Gasteiger charge is -2.38. The van der Waals surface area contributed by atoms with Crippen molar-refractivity contribution < 1.29 is 4.74 Å². The summed E-state index contributed by atoms with van der Waals surface area (Å²) in [7, 11) is 0. The lowest BCUT2D eigenvalue weighted by Crippen LogP contribution is -2.46. The van der Waals surface area contributed by atoms with Gasteiger partial charge in [0.25, 0.3) is 0 Å². The molecule has 3 nitrogen and oxygen atoms in total. The fourth-order valence-corrected chi connectivity index (χ4v) is 3.97. The largest absolute Gasteiger partial charge is 0.494 e. The Bertz CT molecular complexity index is 437. The second kappa shape index (κ2) is 7.28. The fourth-order valence-electron chi connectivity index (χ4n) is 3.97. The average Bonchev–Trinajstić information content (AvgIpc) is 3.03. The van der Waals surface area contributed by atoms with Crippen molar-refractivity contribution in [3.05, 3.63) is 29.8 Å². The maximum absolute atomic E-state index is 5.72. The Morgan fingerprint density at radius 1 is 1.24 bits per heavy atom. The van der Waals surface area contributed by atoms with Crippen LogP contribution in [0.25, 0.3) is 0 Å². The highest BCUT2D eigenvalue weighted by atomic mass is 16.5. The Morgan fingerprint density at radius 3 is 2.71 bits per heavy atom. The SMILES string of the molecule is CCOc1cccc([C@H](C2CCCC2)N2CCNCC2)c1. The number of nitrogens with one attached hydrogen (secondary N) is 1. The van der Waals surface area contributed by atoms with E-state index in [-0.39, 0.29) is 0 Å². The predicted molar refractivity (Wildman–Crippen MR) is 86.8 cm³/mol. The van der Waals surface area contributed by atoms with Crippen LogP contribution in [0.3, 0.4) is 0 Å². The highest BCUT2D eigenvalue weighted by Crippen LogP contribution is 2.40. The summed E-state index contributed by atoms with van der Waals surface area (Å²) in [5.74, 6) is 1.84. The van der Waals surface area contributed by atoms with Gasteiger partial charge in [0.15, 0.2) is 0 Å². The normalized spacial score (nSPS) is 22.3. The van der Waals surface area contributed by atoms with E-state index in [1.54, 1.807) is 0 Å². The Labute approximate surface area is 128 Å². The van der Waals surface area contributed by atoms with Crippen molar-refractivity contribution in [2.75, 3.05) is 32.8 Å². The van der Waals surface area contributed by atoms with Gasteiger partial charge < -0.3 is 10.1 Å². The minimum Gasteiger partial charge on any atom is -0.494 e. The van der Waals surface area contributed by atoms with E-state index in [0.29, 0.717) is 6.04 Å². The number of hydrogen-bond acceptors (Lipinski definition) is 3. The molecule has 1 saturated carbocycles. The number of ether oxygens (including phenoxy) is 1. The molecule has 0 bridgehead atoms. The predicted octanol–water partition coefficient (Wildman–Crippen LogP) is 3.22. The molecule has 2 fully saturated rings. The molecule has 1 aliphatic heterocycles. The van der Waals surface area contributed by atoms with E-state index in [0.717, 1.165) is 31.4 Å². The van der Waals surface area contributed by atoms with Crippen LogP contribution in [0, 0.1) is 5.92 Å². The molecule has 1 aromatic carbocycles. The summed E-state index contributed by atoms with van der Waals surface area (Å²) in [5.41, 5.74) is 1.45. The molecule has 0 unspecified atom stereocenters. The van der Waals surface area contributed by atoms with Crippen LogP contribution >= 0.6 is 0 Å². The van der Waals surface area contributed by atoms with Gasteiger partial charge in [0, 0.05) is 32.2 Å². The summed E-state index contributed by atoms with van der Waals surface area (Å²) in [5, 5.41) is 3.48. The molecule has 21 heavy (non-hydrogen) atoms. The van der Waals surface area contributed by atoms with Gasteiger partial charge in [-0.1, -0.05) is 25.0 Å². The zero-order chi connectivity index (χ0) is 14.5. The van der Waals surface area contributed by atoms with Crippen LogP contribution in [0.1, 0.15) is 44.2 Å². The van der Waals surface area contributed by atoms with Gasteiger partial charge in [-0.3, -0.25) is 4.90 Å². The van der Waals surface area contributed by atoms with Gasteiger partial charge >= 0.3 is 0 Å². The molecule has 3 heteroatoms. The van der Waals surface area contributed by atoms with Crippen LogP contribution in [0.4, 0.5) is 0 Å². The molecule has 1 aromatic rings. The first-order valence-electron chi connectivity index (χ1n) is 8.56. The maximum atomic E-state index is 5.72. The summed E-state index contributed by atoms with van der Waals surface area (Å²) in [4.78, 5) is 2.69. The van der Waals surface area contributed by atoms with Crippen molar-refractivity contribution >= 4 is 0 Å². The van der Waals surface area contributed by atoms with E-state index in [1.807, 2.05) is 0 Å². The highest BCUT2D eigenvalue weighted by Gasteiger charge is 2.31. The van der Waals surface area contributed by atoms with E-state index in [1.165, 1.54) is 44.3 Å². The molecular weight excluding hydrogens is 260 g/mol. The van der Waals surface area contributed by atoms with Gasteiger partial charge in [-0.25, -0.2) is 0 Å². The minimum absolute atomic E-state index is 0.579. The molecule has 1 atom stereocenters. The molecule has 1 N–H and O–H groups in total. The van der Waals surface area contributed by atoms with Crippen molar-refractivity contribution in [2.45, 2.75) is 38.6 Å². The van der Waals surface area contributed by atoms with Gasteiger partial charge in [0.2, 0.25) is 0 Å². The minimum atomic E-state index is 0.579. The molecule has 1 saturated heterocycles. The Kier molecular flexibility index (Phi) is 5.15. The second-order valence-corrected chi connectivity index (χ2v) is 6.28. The summed E-state index contributed by atoms with van der Waals surface area (Å²) in [6.07, 6.45) is 5.57. The summed E-state index contributed by atoms with van der Waals surface area (Å²) >= 11 is 0. The van der Waals surface area contributed by atoms with E-state index in [9.17, 15) is 0 Å². The van der Waals surface area contributed by atoms with Crippen LogP contribution in [0.5, 0.6) is 5.75 Å². The van der Waals surface area contributed by atoms with Crippen molar-refractivity contribution in [1.29, 1.82) is 0 Å². The third kappa shape index (κ3) is 3.58. The zero-order valence-electron chi connectivity index (χ0n) is 13.2. The van der Waals surface area contributed by atoms with E-state index in [4.69, 9.17) is 4.74 Å². The molecule has 0 amide bonds. The summed E-state index contributed by atoms with van der Waals surface area (Å²) in [6, 6.07) is 9.39. The zero-order valence-corrected chi connectivity index (χ0v) is 13.2. The number of nitrogens with zero attached hydrogens (tertiary/aromatic N) is 1. The Hall–Kier alpha value is -1.06. The van der Waals surface area contributed by atoms with E-state index >= 15 is 0 Å². The van der Waals surface area contributed by atoms with Crippen LogP contribution in [-0.4, -0.2) is 37.7 Å². The Balaban J connectivity index is 1.84. The third-order valence-corrected chi connectivity index (χ3v) is 4.90. The topological polar surface area (TPSA) is 24.5 Å². The number of benzene rings is 1. The molecular formula is C18H28N2O. The first-order chi connectivity index (χ1) is 10.4. The fraction of sp³-hybridized carbons (Fsp3) is 0.667. The van der Waals surface area contributed by atoms with Gasteiger partial charge in [-0.2, -0.15) is 0 Å². The lowest BCUT2D eigenvalue weighted by molar-refractivity contribution is 0.125. The van der Waals surface area contributed by atoms with Gasteiger partial charge in [-0.05, 0) is 43.4 Å². The molecule has 0 radical (unpaired) electrons.